The van der Waals surface area contributed by atoms with Gasteiger partial charge in [0.15, 0.2) is 0 Å². The summed E-state index contributed by atoms with van der Waals surface area (Å²) >= 11 is 0. The van der Waals surface area contributed by atoms with Gasteiger partial charge in [-0.05, 0) is 37.8 Å². The molecule has 4 heteroatoms. The number of anilines is 1. The van der Waals surface area contributed by atoms with Crippen LogP contribution in [0.15, 0.2) is 18.2 Å². The summed E-state index contributed by atoms with van der Waals surface area (Å²) in [4.78, 5) is 2.10. The van der Waals surface area contributed by atoms with E-state index in [1.165, 1.54) is 25.7 Å². The molecule has 1 heterocycles. The van der Waals surface area contributed by atoms with Crippen molar-refractivity contribution in [3.8, 4) is 5.75 Å². The van der Waals surface area contributed by atoms with E-state index >= 15 is 0 Å². The van der Waals surface area contributed by atoms with Gasteiger partial charge in [0.25, 0.3) is 0 Å². The lowest BCUT2D eigenvalue weighted by Gasteiger charge is -2.30. The van der Waals surface area contributed by atoms with Crippen LogP contribution < -0.4 is 15.0 Å². The average molecular weight is 292 g/mol. The van der Waals surface area contributed by atoms with Gasteiger partial charge in [-0.2, -0.15) is 0 Å². The van der Waals surface area contributed by atoms with Crippen molar-refractivity contribution in [2.24, 2.45) is 0 Å². The summed E-state index contributed by atoms with van der Waals surface area (Å²) in [5, 5.41) is 3.29. The minimum absolute atomic E-state index is 0.164. The lowest BCUT2D eigenvalue weighted by Crippen LogP contribution is -2.43. The molecule has 1 aromatic rings. The van der Waals surface area contributed by atoms with Crippen LogP contribution in [0.5, 0.6) is 5.75 Å². The van der Waals surface area contributed by atoms with Gasteiger partial charge in [-0.3, -0.25) is 0 Å². The highest BCUT2D eigenvalue weighted by atomic mass is 19.1. The highest BCUT2D eigenvalue weighted by molar-refractivity contribution is 5.51. The Hall–Kier alpha value is -1.29. The van der Waals surface area contributed by atoms with Gasteiger partial charge in [0.05, 0.1) is 11.8 Å². The highest BCUT2D eigenvalue weighted by Crippen LogP contribution is 2.27. The number of piperazine rings is 1. The standard InChI is InChI=1S/C17H25FN2O/c18-16-13-15(21-14-5-3-1-2-4-6-14)7-8-17(16)20-11-9-19-10-12-20/h7-8,13-14,19H,1-6,9-12H2. The van der Waals surface area contributed by atoms with Crippen molar-refractivity contribution in [2.75, 3.05) is 31.1 Å². The first-order chi connectivity index (χ1) is 10.3. The van der Waals surface area contributed by atoms with E-state index < -0.39 is 0 Å². The van der Waals surface area contributed by atoms with E-state index in [2.05, 4.69) is 10.2 Å². The summed E-state index contributed by atoms with van der Waals surface area (Å²) in [5.74, 6) is 0.515. The summed E-state index contributed by atoms with van der Waals surface area (Å²) in [6.45, 7) is 3.55. The maximum atomic E-state index is 14.3. The van der Waals surface area contributed by atoms with E-state index in [0.29, 0.717) is 11.4 Å². The first kappa shape index (κ1) is 14.6. The van der Waals surface area contributed by atoms with Gasteiger partial charge in [-0.1, -0.05) is 12.8 Å². The number of nitrogens with one attached hydrogen (secondary N) is 1. The fourth-order valence-corrected chi connectivity index (χ4v) is 3.28. The molecule has 3 rings (SSSR count). The molecule has 2 fully saturated rings. The van der Waals surface area contributed by atoms with Crippen LogP contribution >= 0.6 is 0 Å². The summed E-state index contributed by atoms with van der Waals surface area (Å²) in [6.07, 6.45) is 7.52. The number of benzene rings is 1. The Labute approximate surface area is 126 Å². The Morgan fingerprint density at radius 2 is 1.76 bits per heavy atom. The molecule has 1 aliphatic heterocycles. The van der Waals surface area contributed by atoms with Gasteiger partial charge in [0, 0.05) is 32.2 Å². The van der Waals surface area contributed by atoms with Crippen molar-refractivity contribution in [1.29, 1.82) is 0 Å². The van der Waals surface area contributed by atoms with Gasteiger partial charge in [0.1, 0.15) is 11.6 Å². The smallest absolute Gasteiger partial charge is 0.150 e. The van der Waals surface area contributed by atoms with Crippen LogP contribution in [0.3, 0.4) is 0 Å². The molecule has 2 aliphatic rings. The van der Waals surface area contributed by atoms with Crippen molar-refractivity contribution in [2.45, 2.75) is 44.6 Å². The highest BCUT2D eigenvalue weighted by Gasteiger charge is 2.17. The Balaban J connectivity index is 1.65. The SMILES string of the molecule is Fc1cc(OC2CCCCCC2)ccc1N1CCNCC1. The largest absolute Gasteiger partial charge is 0.490 e. The van der Waals surface area contributed by atoms with Crippen LogP contribution in [0.25, 0.3) is 0 Å². The zero-order valence-electron chi connectivity index (χ0n) is 12.6. The first-order valence-corrected chi connectivity index (χ1v) is 8.25. The molecule has 1 saturated carbocycles. The Kier molecular flexibility index (Phi) is 4.96. The molecule has 0 spiro atoms. The predicted octanol–water partition coefficient (Wildman–Crippen LogP) is 3.34. The summed E-state index contributed by atoms with van der Waals surface area (Å²) in [7, 11) is 0. The van der Waals surface area contributed by atoms with E-state index in [1.54, 1.807) is 6.07 Å². The van der Waals surface area contributed by atoms with Crippen LogP contribution in [0, 0.1) is 5.82 Å². The van der Waals surface area contributed by atoms with Crippen molar-refractivity contribution >= 4 is 5.69 Å². The molecular weight excluding hydrogens is 267 g/mol. The van der Waals surface area contributed by atoms with Crippen LogP contribution in [0.2, 0.25) is 0 Å². The van der Waals surface area contributed by atoms with Crippen molar-refractivity contribution in [3.63, 3.8) is 0 Å². The maximum absolute atomic E-state index is 14.3. The molecule has 0 atom stereocenters. The van der Waals surface area contributed by atoms with Crippen LogP contribution in [-0.2, 0) is 0 Å². The zero-order chi connectivity index (χ0) is 14.5. The normalized spacial score (nSPS) is 21.1. The Morgan fingerprint density at radius 1 is 1.05 bits per heavy atom. The molecule has 0 bridgehead atoms. The molecule has 21 heavy (non-hydrogen) atoms. The number of nitrogens with zero attached hydrogens (tertiary/aromatic N) is 1. The molecule has 3 nitrogen and oxygen atoms in total. The van der Waals surface area contributed by atoms with E-state index in [1.807, 2.05) is 12.1 Å². The summed E-state index contributed by atoms with van der Waals surface area (Å²) in [5.41, 5.74) is 0.699. The lowest BCUT2D eigenvalue weighted by atomic mass is 10.1. The van der Waals surface area contributed by atoms with Crippen LogP contribution in [0.4, 0.5) is 10.1 Å². The maximum Gasteiger partial charge on any atom is 0.150 e. The third-order valence-corrected chi connectivity index (χ3v) is 4.48. The predicted molar refractivity (Wildman–Crippen MR) is 83.6 cm³/mol. The first-order valence-electron chi connectivity index (χ1n) is 8.25. The Bertz CT molecular complexity index is 452. The number of hydrogen-bond donors (Lipinski definition) is 1. The summed E-state index contributed by atoms with van der Waals surface area (Å²) in [6, 6.07) is 5.35. The topological polar surface area (TPSA) is 24.5 Å². The van der Waals surface area contributed by atoms with Gasteiger partial charge < -0.3 is 15.0 Å². The molecular formula is C17H25FN2O. The molecule has 0 unspecified atom stereocenters. The number of hydrogen-bond acceptors (Lipinski definition) is 3. The zero-order valence-corrected chi connectivity index (χ0v) is 12.6. The van der Waals surface area contributed by atoms with E-state index in [4.69, 9.17) is 4.74 Å². The molecule has 0 radical (unpaired) electrons. The van der Waals surface area contributed by atoms with E-state index in [0.717, 1.165) is 39.0 Å². The molecule has 1 saturated heterocycles. The van der Waals surface area contributed by atoms with Gasteiger partial charge >= 0.3 is 0 Å². The minimum Gasteiger partial charge on any atom is -0.490 e. The molecule has 1 N–H and O–H groups in total. The second-order valence-electron chi connectivity index (χ2n) is 6.08. The quantitative estimate of drug-likeness (QED) is 0.865. The number of halogens is 1. The number of ether oxygens (including phenoxy) is 1. The van der Waals surface area contributed by atoms with Crippen molar-refractivity contribution in [3.05, 3.63) is 24.0 Å². The molecule has 1 aromatic carbocycles. The minimum atomic E-state index is -0.164. The molecule has 0 aromatic heterocycles. The third-order valence-electron chi connectivity index (χ3n) is 4.48. The summed E-state index contributed by atoms with van der Waals surface area (Å²) < 4.78 is 20.3. The lowest BCUT2D eigenvalue weighted by molar-refractivity contribution is 0.183. The van der Waals surface area contributed by atoms with Crippen LogP contribution in [0.1, 0.15) is 38.5 Å². The average Bonchev–Trinajstić information content (AvgIpc) is 2.77. The fraction of sp³-hybridized carbons (Fsp3) is 0.647. The van der Waals surface area contributed by atoms with Crippen molar-refractivity contribution < 1.29 is 9.13 Å². The van der Waals surface area contributed by atoms with E-state index in [-0.39, 0.29) is 11.9 Å². The van der Waals surface area contributed by atoms with Crippen molar-refractivity contribution in [1.82, 2.24) is 5.32 Å². The third kappa shape index (κ3) is 3.88. The van der Waals surface area contributed by atoms with Gasteiger partial charge in [-0.15, -0.1) is 0 Å². The second kappa shape index (κ2) is 7.12. The number of rotatable bonds is 3. The molecule has 116 valence electrons. The van der Waals surface area contributed by atoms with Gasteiger partial charge in [-0.25, -0.2) is 4.39 Å². The monoisotopic (exact) mass is 292 g/mol. The van der Waals surface area contributed by atoms with E-state index in [9.17, 15) is 4.39 Å². The fourth-order valence-electron chi connectivity index (χ4n) is 3.28. The molecule has 0 amide bonds. The molecule has 1 aliphatic carbocycles. The Morgan fingerprint density at radius 3 is 2.43 bits per heavy atom. The second-order valence-corrected chi connectivity index (χ2v) is 6.08. The van der Waals surface area contributed by atoms with Gasteiger partial charge in [0.2, 0.25) is 0 Å². The van der Waals surface area contributed by atoms with Crippen LogP contribution in [-0.4, -0.2) is 32.3 Å².